The van der Waals surface area contributed by atoms with Crippen LogP contribution in [-0.2, 0) is 11.2 Å². The standard InChI is InChI=1S/C16H26N2O2/c1-3-17-15(11-13-5-7-14(19)8-6-13)16-12-18(4-2)9-10-20-16/h5-8,15-17,19H,3-4,9-12H2,1-2H3. The van der Waals surface area contributed by atoms with E-state index in [4.69, 9.17) is 4.74 Å². The summed E-state index contributed by atoms with van der Waals surface area (Å²) in [6.07, 6.45) is 1.16. The minimum Gasteiger partial charge on any atom is -0.508 e. The summed E-state index contributed by atoms with van der Waals surface area (Å²) in [6, 6.07) is 7.79. The second-order valence-electron chi connectivity index (χ2n) is 5.34. The first kappa shape index (κ1) is 15.3. The van der Waals surface area contributed by atoms with E-state index in [0.29, 0.717) is 11.8 Å². The molecule has 1 saturated heterocycles. The highest BCUT2D eigenvalue weighted by Gasteiger charge is 2.27. The molecule has 1 aromatic carbocycles. The molecule has 0 aliphatic carbocycles. The van der Waals surface area contributed by atoms with E-state index in [2.05, 4.69) is 24.1 Å². The molecule has 2 rings (SSSR count). The molecular formula is C16H26N2O2. The molecule has 0 spiro atoms. The van der Waals surface area contributed by atoms with Gasteiger partial charge in [-0.15, -0.1) is 0 Å². The van der Waals surface area contributed by atoms with Crippen LogP contribution in [0.1, 0.15) is 19.4 Å². The molecule has 1 fully saturated rings. The van der Waals surface area contributed by atoms with Crippen molar-refractivity contribution in [3.63, 3.8) is 0 Å². The highest BCUT2D eigenvalue weighted by Crippen LogP contribution is 2.16. The third-order valence-electron chi connectivity index (χ3n) is 3.93. The van der Waals surface area contributed by atoms with Gasteiger partial charge in [-0.3, -0.25) is 4.90 Å². The number of likely N-dealkylation sites (N-methyl/N-ethyl adjacent to an activating group) is 2. The first-order valence-corrected chi connectivity index (χ1v) is 7.58. The Morgan fingerprint density at radius 3 is 2.75 bits per heavy atom. The molecule has 1 aromatic rings. The van der Waals surface area contributed by atoms with Gasteiger partial charge in [0.1, 0.15) is 5.75 Å². The van der Waals surface area contributed by atoms with Crippen molar-refractivity contribution in [2.75, 3.05) is 32.8 Å². The Morgan fingerprint density at radius 1 is 1.35 bits per heavy atom. The van der Waals surface area contributed by atoms with Gasteiger partial charge in [0.15, 0.2) is 0 Å². The lowest BCUT2D eigenvalue weighted by Gasteiger charge is -2.37. The van der Waals surface area contributed by atoms with Crippen molar-refractivity contribution in [2.24, 2.45) is 0 Å². The Balaban J connectivity index is 2.00. The van der Waals surface area contributed by atoms with Crippen LogP contribution >= 0.6 is 0 Å². The lowest BCUT2D eigenvalue weighted by Crippen LogP contribution is -2.53. The summed E-state index contributed by atoms with van der Waals surface area (Å²) in [5.41, 5.74) is 1.23. The van der Waals surface area contributed by atoms with Crippen molar-refractivity contribution in [1.29, 1.82) is 0 Å². The molecule has 4 nitrogen and oxygen atoms in total. The van der Waals surface area contributed by atoms with Crippen LogP contribution in [0.3, 0.4) is 0 Å². The summed E-state index contributed by atoms with van der Waals surface area (Å²) < 4.78 is 5.97. The zero-order chi connectivity index (χ0) is 14.4. The zero-order valence-corrected chi connectivity index (χ0v) is 12.5. The number of nitrogens with zero attached hydrogens (tertiary/aromatic N) is 1. The maximum Gasteiger partial charge on any atom is 0.115 e. The summed E-state index contributed by atoms with van der Waals surface area (Å²) in [5, 5.41) is 12.9. The van der Waals surface area contributed by atoms with Gasteiger partial charge in [-0.2, -0.15) is 0 Å². The van der Waals surface area contributed by atoms with Gasteiger partial charge >= 0.3 is 0 Å². The van der Waals surface area contributed by atoms with Gasteiger partial charge in [0.25, 0.3) is 0 Å². The number of ether oxygens (including phenoxy) is 1. The molecule has 0 aromatic heterocycles. The highest BCUT2D eigenvalue weighted by molar-refractivity contribution is 5.26. The Morgan fingerprint density at radius 2 is 2.10 bits per heavy atom. The molecule has 1 heterocycles. The number of rotatable bonds is 6. The number of phenols is 1. The van der Waals surface area contributed by atoms with Crippen LogP contribution in [0.25, 0.3) is 0 Å². The van der Waals surface area contributed by atoms with Gasteiger partial charge in [0.2, 0.25) is 0 Å². The van der Waals surface area contributed by atoms with Gasteiger partial charge in [-0.25, -0.2) is 0 Å². The van der Waals surface area contributed by atoms with Gasteiger partial charge in [0, 0.05) is 19.1 Å². The molecule has 2 atom stereocenters. The Kier molecular flexibility index (Phi) is 5.83. The van der Waals surface area contributed by atoms with Crippen LogP contribution in [-0.4, -0.2) is 54.9 Å². The van der Waals surface area contributed by atoms with Crippen LogP contribution in [0.15, 0.2) is 24.3 Å². The molecule has 20 heavy (non-hydrogen) atoms. The van der Waals surface area contributed by atoms with Gasteiger partial charge < -0.3 is 15.2 Å². The van der Waals surface area contributed by atoms with Crippen LogP contribution in [0.2, 0.25) is 0 Å². The first-order valence-electron chi connectivity index (χ1n) is 7.58. The SMILES string of the molecule is CCNC(Cc1ccc(O)cc1)C1CN(CC)CCO1. The summed E-state index contributed by atoms with van der Waals surface area (Å²) in [4.78, 5) is 2.44. The van der Waals surface area contributed by atoms with E-state index in [9.17, 15) is 5.11 Å². The van der Waals surface area contributed by atoms with Gasteiger partial charge in [-0.05, 0) is 37.2 Å². The van der Waals surface area contributed by atoms with E-state index in [1.165, 1.54) is 5.56 Å². The zero-order valence-electron chi connectivity index (χ0n) is 12.5. The molecule has 0 bridgehead atoms. The molecule has 1 aliphatic heterocycles. The summed E-state index contributed by atoms with van der Waals surface area (Å²) in [5.74, 6) is 0.319. The summed E-state index contributed by atoms with van der Waals surface area (Å²) >= 11 is 0. The van der Waals surface area contributed by atoms with E-state index >= 15 is 0 Å². The summed E-state index contributed by atoms with van der Waals surface area (Å²) in [6.45, 7) is 9.19. The predicted molar refractivity (Wildman–Crippen MR) is 81.1 cm³/mol. The van der Waals surface area contributed by atoms with E-state index < -0.39 is 0 Å². The predicted octanol–water partition coefficient (Wildman–Crippen LogP) is 1.63. The van der Waals surface area contributed by atoms with E-state index in [0.717, 1.165) is 39.2 Å². The summed E-state index contributed by atoms with van der Waals surface area (Å²) in [7, 11) is 0. The molecule has 2 N–H and O–H groups in total. The average molecular weight is 278 g/mol. The third kappa shape index (κ3) is 4.20. The molecular weight excluding hydrogens is 252 g/mol. The van der Waals surface area contributed by atoms with Crippen molar-refractivity contribution in [3.8, 4) is 5.75 Å². The minimum absolute atomic E-state index is 0.234. The number of nitrogens with one attached hydrogen (secondary N) is 1. The Bertz CT molecular complexity index is 394. The molecule has 0 radical (unpaired) electrons. The van der Waals surface area contributed by atoms with Crippen molar-refractivity contribution < 1.29 is 9.84 Å². The van der Waals surface area contributed by atoms with Crippen molar-refractivity contribution in [1.82, 2.24) is 10.2 Å². The molecule has 112 valence electrons. The minimum atomic E-state index is 0.234. The van der Waals surface area contributed by atoms with Crippen molar-refractivity contribution in [3.05, 3.63) is 29.8 Å². The maximum atomic E-state index is 9.36. The second-order valence-corrected chi connectivity index (χ2v) is 5.34. The number of hydrogen-bond donors (Lipinski definition) is 2. The fourth-order valence-corrected chi connectivity index (χ4v) is 2.75. The fraction of sp³-hybridized carbons (Fsp3) is 0.625. The van der Waals surface area contributed by atoms with Crippen LogP contribution in [0.5, 0.6) is 5.75 Å². The lowest BCUT2D eigenvalue weighted by atomic mass is 9.99. The van der Waals surface area contributed by atoms with Crippen LogP contribution < -0.4 is 5.32 Å². The van der Waals surface area contributed by atoms with E-state index in [1.54, 1.807) is 12.1 Å². The number of phenolic OH excluding ortho intramolecular Hbond substituents is 1. The third-order valence-corrected chi connectivity index (χ3v) is 3.93. The fourth-order valence-electron chi connectivity index (χ4n) is 2.75. The van der Waals surface area contributed by atoms with Crippen molar-refractivity contribution >= 4 is 0 Å². The normalized spacial score (nSPS) is 21.8. The van der Waals surface area contributed by atoms with Gasteiger partial charge in [0.05, 0.1) is 12.7 Å². The average Bonchev–Trinajstić information content (AvgIpc) is 2.49. The smallest absolute Gasteiger partial charge is 0.115 e. The monoisotopic (exact) mass is 278 g/mol. The maximum absolute atomic E-state index is 9.36. The van der Waals surface area contributed by atoms with Crippen LogP contribution in [0, 0.1) is 0 Å². The number of benzene rings is 1. The quantitative estimate of drug-likeness (QED) is 0.830. The Labute approximate surface area is 121 Å². The largest absolute Gasteiger partial charge is 0.508 e. The molecule has 0 saturated carbocycles. The van der Waals surface area contributed by atoms with E-state index in [1.807, 2.05) is 12.1 Å². The topological polar surface area (TPSA) is 44.7 Å². The van der Waals surface area contributed by atoms with Crippen molar-refractivity contribution in [2.45, 2.75) is 32.4 Å². The van der Waals surface area contributed by atoms with Crippen LogP contribution in [0.4, 0.5) is 0 Å². The van der Waals surface area contributed by atoms with Gasteiger partial charge in [-0.1, -0.05) is 26.0 Å². The second kappa shape index (κ2) is 7.62. The number of aromatic hydroxyl groups is 1. The molecule has 1 aliphatic rings. The lowest BCUT2D eigenvalue weighted by molar-refractivity contribution is -0.0445. The Hall–Kier alpha value is -1.10. The highest BCUT2D eigenvalue weighted by atomic mass is 16.5. The molecule has 0 amide bonds. The number of hydrogen-bond acceptors (Lipinski definition) is 4. The number of morpholine rings is 1. The van der Waals surface area contributed by atoms with E-state index in [-0.39, 0.29) is 6.10 Å². The molecule has 4 heteroatoms. The first-order chi connectivity index (χ1) is 9.72. The molecule has 2 unspecified atom stereocenters.